The molecule has 1 heterocycles. The molecule has 2 atom stereocenters. The van der Waals surface area contributed by atoms with Crippen molar-refractivity contribution in [3.63, 3.8) is 0 Å². The van der Waals surface area contributed by atoms with Gasteiger partial charge in [-0.3, -0.25) is 9.59 Å². The van der Waals surface area contributed by atoms with Crippen LogP contribution >= 0.6 is 0 Å². The van der Waals surface area contributed by atoms with E-state index in [4.69, 9.17) is 5.11 Å². The Bertz CT molecular complexity index is 333. The van der Waals surface area contributed by atoms with Gasteiger partial charge in [0.1, 0.15) is 6.54 Å². The largest absolute Gasteiger partial charge is 0.406 e. The van der Waals surface area contributed by atoms with Crippen LogP contribution in [0.5, 0.6) is 0 Å². The highest BCUT2D eigenvalue weighted by Crippen LogP contribution is 2.23. The summed E-state index contributed by atoms with van der Waals surface area (Å²) < 4.78 is 36.4. The van der Waals surface area contributed by atoms with Gasteiger partial charge in [-0.05, 0) is 6.92 Å². The molecule has 1 aliphatic heterocycles. The average Bonchev–Trinajstić information content (AvgIpc) is 2.57. The highest BCUT2D eigenvalue weighted by molar-refractivity contribution is 5.89. The maximum atomic E-state index is 12.1. The Morgan fingerprint density at radius 3 is 2.72 bits per heavy atom. The number of hydrogen-bond acceptors (Lipinski definition) is 3. The van der Waals surface area contributed by atoms with Gasteiger partial charge >= 0.3 is 6.18 Å². The molecule has 0 saturated carbocycles. The van der Waals surface area contributed by atoms with Crippen LogP contribution in [0.15, 0.2) is 0 Å². The minimum absolute atomic E-state index is 0.222. The number of aliphatic hydroxyl groups is 1. The van der Waals surface area contributed by atoms with Crippen molar-refractivity contribution in [2.45, 2.75) is 25.6 Å². The topological polar surface area (TPSA) is 69.6 Å². The molecule has 18 heavy (non-hydrogen) atoms. The number of carbonyl (C=O) groups is 2. The van der Waals surface area contributed by atoms with E-state index in [1.165, 1.54) is 0 Å². The first kappa shape index (κ1) is 14.7. The number of hydrogen-bond donors (Lipinski definition) is 2. The summed E-state index contributed by atoms with van der Waals surface area (Å²) in [5, 5.41) is 11.2. The summed E-state index contributed by atoms with van der Waals surface area (Å²) in [7, 11) is 0. The van der Waals surface area contributed by atoms with Crippen LogP contribution in [-0.2, 0) is 9.59 Å². The standard InChI is InChI=1S/C10H15F3N2O3/c1-6(4-16)14-9(18)7-2-8(17)15(3-7)5-10(11,12)13/h6-7,16H,2-5H2,1H3,(H,14,18)/t6-,7?/m1/s1. The van der Waals surface area contributed by atoms with Crippen LogP contribution in [0, 0.1) is 5.92 Å². The van der Waals surface area contributed by atoms with Crippen LogP contribution in [0.4, 0.5) is 13.2 Å². The number of halogens is 3. The quantitative estimate of drug-likeness (QED) is 0.747. The molecule has 104 valence electrons. The van der Waals surface area contributed by atoms with E-state index >= 15 is 0 Å². The molecule has 1 rings (SSSR count). The SMILES string of the molecule is C[C@H](CO)NC(=O)C1CC(=O)N(CC(F)(F)F)C1. The summed E-state index contributed by atoms with van der Waals surface area (Å²) in [6.07, 6.45) is -4.68. The summed E-state index contributed by atoms with van der Waals surface area (Å²) in [6, 6.07) is -0.482. The smallest absolute Gasteiger partial charge is 0.394 e. The van der Waals surface area contributed by atoms with E-state index in [-0.39, 0.29) is 19.6 Å². The van der Waals surface area contributed by atoms with E-state index in [0.29, 0.717) is 4.90 Å². The second-order valence-corrected chi connectivity index (χ2v) is 4.38. The molecular formula is C10H15F3N2O3. The number of likely N-dealkylation sites (tertiary alicyclic amines) is 1. The van der Waals surface area contributed by atoms with E-state index in [0.717, 1.165) is 0 Å². The minimum atomic E-state index is -4.46. The normalized spacial score (nSPS) is 22.2. The summed E-state index contributed by atoms with van der Waals surface area (Å²) in [5.74, 6) is -1.97. The molecule has 5 nitrogen and oxygen atoms in total. The van der Waals surface area contributed by atoms with Gasteiger partial charge in [-0.1, -0.05) is 0 Å². The zero-order valence-corrected chi connectivity index (χ0v) is 9.83. The lowest BCUT2D eigenvalue weighted by Crippen LogP contribution is -2.41. The molecule has 0 aliphatic carbocycles. The number of aliphatic hydroxyl groups excluding tert-OH is 1. The fourth-order valence-electron chi connectivity index (χ4n) is 1.72. The Morgan fingerprint density at radius 2 is 2.22 bits per heavy atom. The van der Waals surface area contributed by atoms with E-state index in [9.17, 15) is 22.8 Å². The molecule has 0 aromatic heterocycles. The van der Waals surface area contributed by atoms with Crippen LogP contribution in [0.2, 0.25) is 0 Å². The highest BCUT2D eigenvalue weighted by Gasteiger charge is 2.40. The third-order valence-corrected chi connectivity index (χ3v) is 2.62. The summed E-state index contributed by atoms with van der Waals surface area (Å²) in [4.78, 5) is 23.5. The predicted octanol–water partition coefficient (Wildman–Crippen LogP) is -0.106. The van der Waals surface area contributed by atoms with E-state index < -0.39 is 36.5 Å². The minimum Gasteiger partial charge on any atom is -0.394 e. The van der Waals surface area contributed by atoms with Crippen molar-refractivity contribution in [2.24, 2.45) is 5.92 Å². The molecule has 0 aromatic carbocycles. The van der Waals surface area contributed by atoms with Crippen molar-refractivity contribution >= 4 is 11.8 Å². The molecular weight excluding hydrogens is 253 g/mol. The van der Waals surface area contributed by atoms with Gasteiger partial charge < -0.3 is 15.3 Å². The lowest BCUT2D eigenvalue weighted by molar-refractivity contribution is -0.157. The Labute approximate surface area is 102 Å². The zero-order valence-electron chi connectivity index (χ0n) is 9.83. The number of amides is 2. The molecule has 0 spiro atoms. The van der Waals surface area contributed by atoms with Crippen molar-refractivity contribution in [1.82, 2.24) is 10.2 Å². The van der Waals surface area contributed by atoms with Crippen molar-refractivity contribution in [3.05, 3.63) is 0 Å². The molecule has 2 N–H and O–H groups in total. The summed E-state index contributed by atoms with van der Waals surface area (Å²) in [6.45, 7) is -0.270. The number of carbonyl (C=O) groups excluding carboxylic acids is 2. The lowest BCUT2D eigenvalue weighted by Gasteiger charge is -2.19. The molecule has 0 radical (unpaired) electrons. The molecule has 1 aliphatic rings. The second kappa shape index (κ2) is 5.55. The number of alkyl halides is 3. The third kappa shape index (κ3) is 4.17. The van der Waals surface area contributed by atoms with Crippen molar-refractivity contribution in [1.29, 1.82) is 0 Å². The molecule has 0 bridgehead atoms. The van der Waals surface area contributed by atoms with Crippen molar-refractivity contribution in [2.75, 3.05) is 19.7 Å². The predicted molar refractivity (Wildman–Crippen MR) is 55.4 cm³/mol. The van der Waals surface area contributed by atoms with Crippen molar-refractivity contribution in [3.8, 4) is 0 Å². The maximum Gasteiger partial charge on any atom is 0.406 e. The molecule has 0 aromatic rings. The molecule has 1 unspecified atom stereocenters. The van der Waals surface area contributed by atoms with Crippen LogP contribution < -0.4 is 5.32 Å². The molecule has 1 fully saturated rings. The van der Waals surface area contributed by atoms with Gasteiger partial charge in [0.05, 0.1) is 12.5 Å². The Hall–Kier alpha value is -1.31. The Morgan fingerprint density at radius 1 is 1.61 bits per heavy atom. The monoisotopic (exact) mass is 268 g/mol. The van der Waals surface area contributed by atoms with E-state index in [1.54, 1.807) is 6.92 Å². The first-order valence-corrected chi connectivity index (χ1v) is 5.48. The van der Waals surface area contributed by atoms with Crippen LogP contribution in [0.25, 0.3) is 0 Å². The summed E-state index contributed by atoms with van der Waals surface area (Å²) >= 11 is 0. The molecule has 1 saturated heterocycles. The maximum absolute atomic E-state index is 12.1. The fraction of sp³-hybridized carbons (Fsp3) is 0.800. The number of nitrogens with zero attached hydrogens (tertiary/aromatic N) is 1. The first-order valence-electron chi connectivity index (χ1n) is 5.48. The second-order valence-electron chi connectivity index (χ2n) is 4.38. The third-order valence-electron chi connectivity index (χ3n) is 2.62. The first-order chi connectivity index (χ1) is 8.23. The van der Waals surface area contributed by atoms with Gasteiger partial charge in [-0.25, -0.2) is 0 Å². The van der Waals surface area contributed by atoms with Crippen LogP contribution in [-0.4, -0.2) is 53.7 Å². The fourth-order valence-corrected chi connectivity index (χ4v) is 1.72. The zero-order chi connectivity index (χ0) is 13.9. The lowest BCUT2D eigenvalue weighted by atomic mass is 10.1. The molecule has 2 amide bonds. The van der Waals surface area contributed by atoms with Crippen molar-refractivity contribution < 1.29 is 27.9 Å². The van der Waals surface area contributed by atoms with Crippen LogP contribution in [0.3, 0.4) is 0 Å². The number of rotatable bonds is 4. The Balaban J connectivity index is 2.53. The van der Waals surface area contributed by atoms with E-state index in [1.807, 2.05) is 0 Å². The highest BCUT2D eigenvalue weighted by atomic mass is 19.4. The van der Waals surface area contributed by atoms with E-state index in [2.05, 4.69) is 5.32 Å². The van der Waals surface area contributed by atoms with Gasteiger partial charge in [-0.15, -0.1) is 0 Å². The van der Waals surface area contributed by atoms with Crippen LogP contribution in [0.1, 0.15) is 13.3 Å². The average molecular weight is 268 g/mol. The number of nitrogens with one attached hydrogen (secondary N) is 1. The molecule has 8 heteroatoms. The van der Waals surface area contributed by atoms with Gasteiger partial charge in [0.25, 0.3) is 0 Å². The summed E-state index contributed by atoms with van der Waals surface area (Å²) in [5.41, 5.74) is 0. The van der Waals surface area contributed by atoms with Gasteiger partial charge in [0.15, 0.2) is 0 Å². The Kier molecular flexibility index (Phi) is 4.55. The van der Waals surface area contributed by atoms with Gasteiger partial charge in [0, 0.05) is 19.0 Å². The van der Waals surface area contributed by atoms with Gasteiger partial charge in [-0.2, -0.15) is 13.2 Å². The van der Waals surface area contributed by atoms with Gasteiger partial charge in [0.2, 0.25) is 11.8 Å².